The molecular weight excluding hydrogens is 1610 g/mol. The van der Waals surface area contributed by atoms with Crippen LogP contribution in [-0.4, -0.2) is 149 Å². The third-order valence-electron chi connectivity index (χ3n) is 17.3. The predicted molar refractivity (Wildman–Crippen MR) is 419 cm³/mol. The number of fused-ring (bicyclic) bond motifs is 7. The first-order valence-corrected chi connectivity index (χ1v) is 44.0. The van der Waals surface area contributed by atoms with E-state index in [1.165, 1.54) is 0 Å². The molecule has 0 saturated carbocycles. The summed E-state index contributed by atoms with van der Waals surface area (Å²) < 4.78 is 58.9. The first kappa shape index (κ1) is 81.1. The van der Waals surface area contributed by atoms with Gasteiger partial charge in [-0.05, 0) is 25.5 Å². The van der Waals surface area contributed by atoms with Crippen LogP contribution in [0.25, 0.3) is 76.3 Å². The Morgan fingerprint density at radius 3 is 0.839 bits per heavy atom. The molecule has 0 spiro atoms. The van der Waals surface area contributed by atoms with Gasteiger partial charge in [0.2, 0.25) is 0 Å². The van der Waals surface area contributed by atoms with Gasteiger partial charge in [0.1, 0.15) is 11.3 Å². The first-order valence-electron chi connectivity index (χ1n) is 35.1. The number of phenols is 1. The zero-order valence-electron chi connectivity index (χ0n) is 61.7. The van der Waals surface area contributed by atoms with Crippen LogP contribution in [0.15, 0.2) is 212 Å². The number of phenolic OH excluding ortho intramolecular Hbond substituents is 1. The van der Waals surface area contributed by atoms with Gasteiger partial charge in [0, 0.05) is 11.1 Å². The molecule has 14 aromatic rings. The van der Waals surface area contributed by atoms with Crippen LogP contribution in [0.4, 0.5) is 0 Å². The average Bonchev–Trinajstić information content (AvgIpc) is 0.766. The third kappa shape index (κ3) is 21.2. The van der Waals surface area contributed by atoms with Crippen LogP contribution in [0.2, 0.25) is 0 Å². The van der Waals surface area contributed by atoms with Crippen molar-refractivity contribution in [2.45, 2.75) is 74.1 Å². The van der Waals surface area contributed by atoms with Crippen molar-refractivity contribution < 1.29 is 86.7 Å². The summed E-state index contributed by atoms with van der Waals surface area (Å²) in [6.07, 6.45) is -1.95. The van der Waals surface area contributed by atoms with Gasteiger partial charge in [0.15, 0.2) is 0 Å². The molecule has 7 aromatic carbocycles. The number of aromatic hydroxyl groups is 1. The van der Waals surface area contributed by atoms with Crippen LogP contribution < -0.4 is 21.2 Å². The quantitative estimate of drug-likeness (QED) is 0.0222. The molecule has 27 nitrogen and oxygen atoms in total. The number of benzene rings is 7. The molecule has 0 amide bonds. The molecule has 1 unspecified atom stereocenters. The van der Waals surface area contributed by atoms with Crippen LogP contribution in [0.3, 0.4) is 0 Å². The van der Waals surface area contributed by atoms with Crippen molar-refractivity contribution in [3.8, 4) is 40.2 Å². The fourth-order valence-electron chi connectivity index (χ4n) is 11.8. The van der Waals surface area contributed by atoms with Gasteiger partial charge in [-0.2, -0.15) is 0 Å². The minimum atomic E-state index is -4.52. The smallest absolute Gasteiger partial charge is 0.307 e. The molecule has 566 valence electrons. The SMILES string of the molecule is Cc1ccc2cccc(O)c2n1.Cc1ccc2cccc([O][Ga]([O]C(=O)CC(CC(=O)[O][Ga]([O]c3cccc4ccc(C)nc34)[O]c3cccc4ccc(C)nc34)C(=O)[O][Ga]([O]c3cccc4ccc(C)nc34)[O]c3cccc4ccc(C)nc34)[O]c3cccc4ccc(C)nc34)c2n1.O.O=C(O)CC(CCOO)C(=O)O. The summed E-state index contributed by atoms with van der Waals surface area (Å²) >= 11 is -13.4. The molecule has 0 aliphatic heterocycles. The maximum atomic E-state index is 15.4. The van der Waals surface area contributed by atoms with Gasteiger partial charge in [-0.15, -0.1) is 0 Å². The van der Waals surface area contributed by atoms with E-state index in [0.29, 0.717) is 61.6 Å². The molecule has 0 fully saturated rings. The van der Waals surface area contributed by atoms with Gasteiger partial charge in [0.05, 0.1) is 18.9 Å². The summed E-state index contributed by atoms with van der Waals surface area (Å²) in [5.41, 5.74) is 9.02. The number of carbonyl (C=O) groups excluding carboxylic acids is 3. The third-order valence-corrected chi connectivity index (χ3v) is 25.7. The topological polar surface area (TPSA) is 380 Å². The maximum Gasteiger partial charge on any atom is 0.307 e. The molecule has 14 rings (SSSR count). The van der Waals surface area contributed by atoms with Gasteiger partial charge in [0.25, 0.3) is 0 Å². The van der Waals surface area contributed by atoms with E-state index in [9.17, 15) is 24.3 Å². The number of aryl methyl sites for hydroxylation is 7. The standard InChI is InChI=1S/7C10H9NO.C6H8O6.C6H10O6.3Ga.H2O/c7*1-7-5-6-8-3-2-4-9(12)10(8)11-7;7-4(8)1-3(6(11)12)2-5(9)10;7-5(8)3-4(6(9)10)1-2-12-11;;;;/h7*2-6,12H,1H3;3H,1-2H2,(H,7,8)(H,9,10)(H,11,12);4,11H,1-3H2,(H,7,8)(H,9,10);;;;1H2/q;;;;;;;;;3*+3;/p-9. The summed E-state index contributed by atoms with van der Waals surface area (Å²) in [5.74, 6) is -5.84. The van der Waals surface area contributed by atoms with Crippen LogP contribution >= 0.6 is 0 Å². The zero-order chi connectivity index (χ0) is 78.2. The Hall–Kier alpha value is -11.9. The number of aliphatic carboxylic acids is 2. The zero-order valence-corrected chi connectivity index (χ0v) is 68.9. The summed E-state index contributed by atoms with van der Waals surface area (Å²) in [4.78, 5) is 102. The summed E-state index contributed by atoms with van der Waals surface area (Å²) in [5, 5.41) is 39.6. The van der Waals surface area contributed by atoms with Crippen molar-refractivity contribution in [3.05, 3.63) is 252 Å². The van der Waals surface area contributed by atoms with Crippen molar-refractivity contribution in [1.29, 1.82) is 0 Å². The van der Waals surface area contributed by atoms with Crippen LogP contribution in [0, 0.1) is 60.3 Å². The molecule has 7 aromatic heterocycles. The molecule has 1 atom stereocenters. The van der Waals surface area contributed by atoms with Gasteiger partial charge in [-0.1, -0.05) is 18.2 Å². The molecule has 6 N–H and O–H groups in total. The molecule has 0 aliphatic carbocycles. The van der Waals surface area contributed by atoms with E-state index < -0.39 is 113 Å². The van der Waals surface area contributed by atoms with E-state index >= 15 is 4.79 Å². The van der Waals surface area contributed by atoms with Crippen molar-refractivity contribution in [2.24, 2.45) is 11.8 Å². The van der Waals surface area contributed by atoms with E-state index in [-0.39, 0.29) is 35.8 Å². The minimum Gasteiger partial charge on any atom is -0.481 e. The summed E-state index contributed by atoms with van der Waals surface area (Å²) in [6, 6.07) is 64.4. The molecule has 0 saturated heterocycles. The van der Waals surface area contributed by atoms with Crippen molar-refractivity contribution in [1.82, 2.24) is 34.9 Å². The Kier molecular flexibility index (Phi) is 27.3. The van der Waals surface area contributed by atoms with E-state index in [0.717, 1.165) is 77.6 Å². The number of carbonyl (C=O) groups is 5. The molecule has 30 heteroatoms. The Labute approximate surface area is 660 Å². The Balaban J connectivity index is 0.000000423. The summed E-state index contributed by atoms with van der Waals surface area (Å²) in [7, 11) is 0. The fourth-order valence-corrected chi connectivity index (χ4v) is 19.8. The number of nitrogens with zero attached hydrogens (tertiary/aromatic N) is 7. The molecule has 7 heterocycles. The van der Waals surface area contributed by atoms with Crippen LogP contribution in [0.1, 0.15) is 65.5 Å². The maximum absolute atomic E-state index is 15.4. The number of hydrogen-bond acceptors (Lipinski definition) is 24. The van der Waals surface area contributed by atoms with Gasteiger partial charge < -0.3 is 20.8 Å². The second kappa shape index (κ2) is 37.7. The fraction of sp³-hybridized carbons (Fsp3) is 0.171. The first-order chi connectivity index (χ1) is 53.6. The molecule has 0 radical (unpaired) electrons. The van der Waals surface area contributed by atoms with Gasteiger partial charge in [-0.25, -0.2) is 9.87 Å². The number of hydrogen-bond donors (Lipinski definition) is 4. The number of carboxylic acids is 2. The van der Waals surface area contributed by atoms with Crippen molar-refractivity contribution in [3.63, 3.8) is 0 Å². The number of rotatable bonds is 26. The van der Waals surface area contributed by atoms with Gasteiger partial charge in [-0.3, -0.25) is 14.8 Å². The van der Waals surface area contributed by atoms with E-state index in [1.807, 2.05) is 182 Å². The molecule has 0 bridgehead atoms. The monoisotopic (exact) mass is 1680 g/mol. The van der Waals surface area contributed by atoms with Crippen LogP contribution in [0.5, 0.6) is 40.2 Å². The Morgan fingerprint density at radius 1 is 0.330 bits per heavy atom. The number of carboxylic acid groups (broad SMARTS) is 2. The van der Waals surface area contributed by atoms with Crippen molar-refractivity contribution in [2.75, 3.05) is 6.61 Å². The number of para-hydroxylation sites is 7. The average molecular weight is 1690 g/mol. The Morgan fingerprint density at radius 2 is 0.580 bits per heavy atom. The number of pyridine rings is 7. The molecular formula is C82H74Ga3N7O20. The van der Waals surface area contributed by atoms with E-state index in [2.05, 4.69) is 9.87 Å². The van der Waals surface area contributed by atoms with E-state index in [4.69, 9.17) is 77.1 Å². The minimum absolute atomic E-state index is 0. The van der Waals surface area contributed by atoms with Crippen molar-refractivity contribution >= 4 is 158 Å². The largest absolute Gasteiger partial charge is 0.481 e. The van der Waals surface area contributed by atoms with Crippen LogP contribution in [-0.2, 0) is 39.4 Å². The molecule has 112 heavy (non-hydrogen) atoms. The Bertz CT molecular complexity index is 5360. The molecule has 0 aliphatic rings. The van der Waals surface area contributed by atoms with Gasteiger partial charge >= 0.3 is 534 Å². The number of aromatic nitrogens is 7. The second-order valence-electron chi connectivity index (χ2n) is 25.8. The summed E-state index contributed by atoms with van der Waals surface area (Å²) in [6.45, 7) is 12.9. The van der Waals surface area contributed by atoms with E-state index in [1.54, 1.807) is 78.9 Å². The normalized spacial score (nSPS) is 11.2. The second-order valence-corrected chi connectivity index (χ2v) is 33.9. The predicted octanol–water partition coefficient (Wildman–Crippen LogP) is 14.0.